The van der Waals surface area contributed by atoms with Gasteiger partial charge in [-0.3, -0.25) is 4.79 Å². The number of anilines is 2. The van der Waals surface area contributed by atoms with Gasteiger partial charge < -0.3 is 10.6 Å². The molecule has 2 rings (SSSR count). The molecule has 0 fully saturated rings. The lowest BCUT2D eigenvalue weighted by molar-refractivity contribution is 0.0956. The van der Waals surface area contributed by atoms with Crippen molar-refractivity contribution in [2.75, 3.05) is 12.4 Å². The van der Waals surface area contributed by atoms with E-state index in [1.807, 2.05) is 39.0 Å². The van der Waals surface area contributed by atoms with Gasteiger partial charge in [-0.25, -0.2) is 4.98 Å². The molecule has 21 heavy (non-hydrogen) atoms. The van der Waals surface area contributed by atoms with Crippen LogP contribution in [0.15, 0.2) is 18.2 Å². The Hall–Kier alpha value is -2.50. The number of hydrogen-bond donors (Lipinski definition) is 2. The first-order valence-corrected chi connectivity index (χ1v) is 6.84. The van der Waals surface area contributed by atoms with Gasteiger partial charge in [0, 0.05) is 12.7 Å². The second-order valence-electron chi connectivity index (χ2n) is 4.83. The molecule has 0 unspecified atom stereocenters. The highest BCUT2D eigenvalue weighted by atomic mass is 16.1. The smallest absolute Gasteiger partial charge is 0.271 e. The van der Waals surface area contributed by atoms with Gasteiger partial charge in [0.15, 0.2) is 11.5 Å². The van der Waals surface area contributed by atoms with Crippen LogP contribution in [0.1, 0.15) is 34.2 Å². The van der Waals surface area contributed by atoms with E-state index in [4.69, 9.17) is 0 Å². The molecule has 0 aromatic carbocycles. The van der Waals surface area contributed by atoms with Gasteiger partial charge in [0.25, 0.3) is 5.91 Å². The van der Waals surface area contributed by atoms with Crippen LogP contribution in [-0.2, 0) is 6.42 Å². The van der Waals surface area contributed by atoms with Gasteiger partial charge in [-0.2, -0.15) is 0 Å². The van der Waals surface area contributed by atoms with E-state index in [2.05, 4.69) is 25.8 Å². The predicted molar refractivity (Wildman–Crippen MR) is 81.8 cm³/mol. The molecule has 2 heterocycles. The van der Waals surface area contributed by atoms with Crippen molar-refractivity contribution < 1.29 is 4.79 Å². The van der Waals surface area contributed by atoms with E-state index in [0.29, 0.717) is 17.9 Å². The molecule has 110 valence electrons. The Labute approximate surface area is 124 Å². The van der Waals surface area contributed by atoms with Crippen molar-refractivity contribution in [1.82, 2.24) is 20.5 Å². The van der Waals surface area contributed by atoms with Gasteiger partial charge in [-0.1, -0.05) is 6.92 Å². The Kier molecular flexibility index (Phi) is 4.47. The lowest BCUT2D eigenvalue weighted by Gasteiger charge is -2.09. The standard InChI is InChI=1S/C15H19N5O/c1-5-11-8-13(19-20-14(11)15(21)16-4)18-12-7-9(2)6-10(3)17-12/h6-8H,5H2,1-4H3,(H,16,21)(H,17,18,19). The summed E-state index contributed by atoms with van der Waals surface area (Å²) in [6, 6.07) is 5.77. The SMILES string of the molecule is CCc1cc(Nc2cc(C)cc(C)n2)nnc1C(=O)NC. The van der Waals surface area contributed by atoms with Gasteiger partial charge in [-0.15, -0.1) is 10.2 Å². The largest absolute Gasteiger partial charge is 0.354 e. The van der Waals surface area contributed by atoms with Crippen LogP contribution >= 0.6 is 0 Å². The number of carbonyl (C=O) groups excluding carboxylic acids is 1. The fraction of sp³-hybridized carbons (Fsp3) is 0.333. The summed E-state index contributed by atoms with van der Waals surface area (Å²) in [5.74, 6) is 1.07. The average Bonchev–Trinajstić information content (AvgIpc) is 2.45. The molecule has 0 spiro atoms. The first-order chi connectivity index (χ1) is 10.0. The Morgan fingerprint density at radius 3 is 2.52 bits per heavy atom. The van der Waals surface area contributed by atoms with Crippen molar-refractivity contribution in [3.8, 4) is 0 Å². The summed E-state index contributed by atoms with van der Waals surface area (Å²) in [6.07, 6.45) is 0.702. The van der Waals surface area contributed by atoms with Gasteiger partial charge in [-0.05, 0) is 49.6 Å². The van der Waals surface area contributed by atoms with Crippen LogP contribution < -0.4 is 10.6 Å². The lowest BCUT2D eigenvalue weighted by Crippen LogP contribution is -2.22. The second-order valence-corrected chi connectivity index (χ2v) is 4.83. The number of amides is 1. The average molecular weight is 285 g/mol. The third kappa shape index (κ3) is 3.53. The summed E-state index contributed by atoms with van der Waals surface area (Å²) in [5.41, 5.74) is 3.26. The molecule has 6 heteroatoms. The predicted octanol–water partition coefficient (Wildman–Crippen LogP) is 2.15. The lowest BCUT2D eigenvalue weighted by atomic mass is 10.1. The van der Waals surface area contributed by atoms with E-state index in [9.17, 15) is 4.79 Å². The maximum Gasteiger partial charge on any atom is 0.271 e. The van der Waals surface area contributed by atoms with Gasteiger partial charge in [0.2, 0.25) is 0 Å². The molecule has 0 aliphatic rings. The molecule has 2 aromatic rings. The molecule has 0 saturated carbocycles. The quantitative estimate of drug-likeness (QED) is 0.899. The number of aromatic nitrogens is 3. The minimum absolute atomic E-state index is 0.226. The third-order valence-electron chi connectivity index (χ3n) is 3.05. The first kappa shape index (κ1) is 14.9. The van der Waals surface area contributed by atoms with Crippen LogP contribution in [0, 0.1) is 13.8 Å². The maximum atomic E-state index is 11.7. The zero-order valence-corrected chi connectivity index (χ0v) is 12.7. The van der Waals surface area contributed by atoms with Crippen LogP contribution in [-0.4, -0.2) is 28.1 Å². The Morgan fingerprint density at radius 2 is 1.90 bits per heavy atom. The van der Waals surface area contributed by atoms with E-state index in [1.54, 1.807) is 7.05 Å². The minimum Gasteiger partial charge on any atom is -0.354 e. The van der Waals surface area contributed by atoms with Crippen molar-refractivity contribution in [2.24, 2.45) is 0 Å². The number of aryl methyl sites for hydroxylation is 3. The summed E-state index contributed by atoms with van der Waals surface area (Å²) in [6.45, 7) is 5.93. The molecule has 1 amide bonds. The molecular formula is C15H19N5O. The van der Waals surface area contributed by atoms with E-state index in [-0.39, 0.29) is 5.91 Å². The molecule has 0 atom stereocenters. The fourth-order valence-corrected chi connectivity index (χ4v) is 2.11. The summed E-state index contributed by atoms with van der Waals surface area (Å²) >= 11 is 0. The van der Waals surface area contributed by atoms with Gasteiger partial charge in [0.05, 0.1) is 0 Å². The van der Waals surface area contributed by atoms with Gasteiger partial charge >= 0.3 is 0 Å². The molecule has 2 aromatic heterocycles. The number of hydrogen-bond acceptors (Lipinski definition) is 5. The van der Waals surface area contributed by atoms with Crippen molar-refractivity contribution in [2.45, 2.75) is 27.2 Å². The molecule has 0 saturated heterocycles. The van der Waals surface area contributed by atoms with Crippen molar-refractivity contribution in [1.29, 1.82) is 0 Å². The first-order valence-electron chi connectivity index (χ1n) is 6.84. The Morgan fingerprint density at radius 1 is 1.14 bits per heavy atom. The number of carbonyl (C=O) groups is 1. The summed E-state index contributed by atoms with van der Waals surface area (Å²) < 4.78 is 0. The summed E-state index contributed by atoms with van der Waals surface area (Å²) in [5, 5.41) is 13.8. The second kappa shape index (κ2) is 6.30. The van der Waals surface area contributed by atoms with Crippen LogP contribution in [0.2, 0.25) is 0 Å². The number of nitrogens with zero attached hydrogens (tertiary/aromatic N) is 3. The van der Waals surface area contributed by atoms with Crippen molar-refractivity contribution in [3.63, 3.8) is 0 Å². The zero-order valence-electron chi connectivity index (χ0n) is 12.7. The molecule has 0 bridgehead atoms. The molecule has 0 radical (unpaired) electrons. The maximum absolute atomic E-state index is 11.7. The summed E-state index contributed by atoms with van der Waals surface area (Å²) in [7, 11) is 1.58. The number of nitrogens with one attached hydrogen (secondary N) is 2. The van der Waals surface area contributed by atoms with E-state index in [1.165, 1.54) is 0 Å². The molecule has 6 nitrogen and oxygen atoms in total. The molecular weight excluding hydrogens is 266 g/mol. The van der Waals surface area contributed by atoms with Crippen LogP contribution in [0.3, 0.4) is 0 Å². The van der Waals surface area contributed by atoms with Crippen LogP contribution in [0.25, 0.3) is 0 Å². The highest BCUT2D eigenvalue weighted by molar-refractivity contribution is 5.93. The van der Waals surface area contributed by atoms with E-state index < -0.39 is 0 Å². The molecule has 2 N–H and O–H groups in total. The normalized spacial score (nSPS) is 10.3. The topological polar surface area (TPSA) is 79.8 Å². The molecule has 0 aliphatic heterocycles. The van der Waals surface area contributed by atoms with Crippen LogP contribution in [0.5, 0.6) is 0 Å². The third-order valence-corrected chi connectivity index (χ3v) is 3.05. The number of rotatable bonds is 4. The van der Waals surface area contributed by atoms with Crippen molar-refractivity contribution >= 4 is 17.5 Å². The zero-order chi connectivity index (χ0) is 15.4. The fourth-order valence-electron chi connectivity index (χ4n) is 2.11. The van der Waals surface area contributed by atoms with E-state index in [0.717, 1.165) is 22.6 Å². The minimum atomic E-state index is -0.226. The Bertz CT molecular complexity index is 649. The van der Waals surface area contributed by atoms with Crippen molar-refractivity contribution in [3.05, 3.63) is 40.7 Å². The van der Waals surface area contributed by atoms with Crippen LogP contribution in [0.4, 0.5) is 11.6 Å². The highest BCUT2D eigenvalue weighted by Crippen LogP contribution is 2.17. The van der Waals surface area contributed by atoms with E-state index >= 15 is 0 Å². The number of pyridine rings is 1. The summed E-state index contributed by atoms with van der Waals surface area (Å²) in [4.78, 5) is 16.1. The monoisotopic (exact) mass is 285 g/mol. The van der Waals surface area contributed by atoms with Gasteiger partial charge in [0.1, 0.15) is 5.82 Å². The molecule has 0 aliphatic carbocycles. The Balaban J connectivity index is 2.30. The highest BCUT2D eigenvalue weighted by Gasteiger charge is 2.13.